The molecule has 1 aromatic carbocycles. The van der Waals surface area contributed by atoms with Gasteiger partial charge >= 0.3 is 0 Å². The first kappa shape index (κ1) is 12.1. The van der Waals surface area contributed by atoms with Crippen LogP contribution in [0.2, 0.25) is 0 Å². The standard InChI is InChI=1S/C16H16O3/c1-18-14-7-3-11(4-8-14)15-9-5-12-2-6-13(17)10-16(12)19-15/h2-7,9-10,14-15,17H,8H2,1H3. The SMILES string of the molecule is COC1C=CC(C2C=Cc3ccc(O)cc3O2)=CC1. The highest BCUT2D eigenvalue weighted by molar-refractivity contribution is 5.62. The Morgan fingerprint density at radius 2 is 2.16 bits per heavy atom. The summed E-state index contributed by atoms with van der Waals surface area (Å²) < 4.78 is 11.2. The van der Waals surface area contributed by atoms with E-state index in [-0.39, 0.29) is 18.0 Å². The topological polar surface area (TPSA) is 38.7 Å². The van der Waals surface area contributed by atoms with Crippen LogP contribution in [0.25, 0.3) is 6.08 Å². The molecular weight excluding hydrogens is 240 g/mol. The fraction of sp³-hybridized carbons (Fsp3) is 0.250. The molecule has 0 radical (unpaired) electrons. The lowest BCUT2D eigenvalue weighted by molar-refractivity contribution is 0.141. The van der Waals surface area contributed by atoms with Gasteiger partial charge in [-0.25, -0.2) is 0 Å². The maximum absolute atomic E-state index is 9.50. The summed E-state index contributed by atoms with van der Waals surface area (Å²) in [5, 5.41) is 9.50. The van der Waals surface area contributed by atoms with Crippen LogP contribution in [0.5, 0.6) is 11.5 Å². The van der Waals surface area contributed by atoms with Crippen LogP contribution < -0.4 is 4.74 Å². The Balaban J connectivity index is 1.80. The summed E-state index contributed by atoms with van der Waals surface area (Å²) in [5.74, 6) is 0.941. The molecule has 1 heterocycles. The Kier molecular flexibility index (Phi) is 3.13. The van der Waals surface area contributed by atoms with Crippen LogP contribution in [0.15, 0.2) is 48.1 Å². The zero-order valence-electron chi connectivity index (χ0n) is 10.7. The number of fused-ring (bicyclic) bond motifs is 1. The number of hydrogen-bond acceptors (Lipinski definition) is 3. The molecule has 1 aliphatic heterocycles. The van der Waals surface area contributed by atoms with Gasteiger partial charge in [0.05, 0.1) is 6.10 Å². The number of phenolic OH excluding ortho intramolecular Hbond substituents is 1. The first-order valence-corrected chi connectivity index (χ1v) is 6.35. The average molecular weight is 256 g/mol. The van der Waals surface area contributed by atoms with Gasteiger partial charge < -0.3 is 14.6 Å². The monoisotopic (exact) mass is 256 g/mol. The second-order valence-electron chi connectivity index (χ2n) is 4.69. The summed E-state index contributed by atoms with van der Waals surface area (Å²) in [5.41, 5.74) is 2.11. The van der Waals surface area contributed by atoms with E-state index in [2.05, 4.69) is 6.08 Å². The molecule has 0 bridgehead atoms. The highest BCUT2D eigenvalue weighted by Gasteiger charge is 2.19. The summed E-state index contributed by atoms with van der Waals surface area (Å²) in [4.78, 5) is 0. The van der Waals surface area contributed by atoms with Crippen LogP contribution in [0.1, 0.15) is 12.0 Å². The number of phenols is 1. The number of hydrogen-bond donors (Lipinski definition) is 1. The summed E-state index contributed by atoms with van der Waals surface area (Å²) in [6, 6.07) is 5.16. The molecule has 3 rings (SSSR count). The van der Waals surface area contributed by atoms with Gasteiger partial charge in [0.15, 0.2) is 0 Å². The molecule has 1 aromatic rings. The van der Waals surface area contributed by atoms with E-state index in [0.717, 1.165) is 23.3 Å². The van der Waals surface area contributed by atoms with Gasteiger partial charge in [0.25, 0.3) is 0 Å². The quantitative estimate of drug-likeness (QED) is 0.883. The van der Waals surface area contributed by atoms with Crippen molar-refractivity contribution in [3.63, 3.8) is 0 Å². The van der Waals surface area contributed by atoms with Crippen LogP contribution >= 0.6 is 0 Å². The molecule has 3 heteroatoms. The van der Waals surface area contributed by atoms with Crippen LogP contribution in [0, 0.1) is 0 Å². The zero-order chi connectivity index (χ0) is 13.2. The molecule has 0 fully saturated rings. The second kappa shape index (κ2) is 4.94. The van der Waals surface area contributed by atoms with Gasteiger partial charge in [-0.2, -0.15) is 0 Å². The van der Waals surface area contributed by atoms with Crippen LogP contribution in [-0.4, -0.2) is 24.4 Å². The third-order valence-electron chi connectivity index (χ3n) is 3.42. The Morgan fingerprint density at radius 1 is 1.26 bits per heavy atom. The maximum atomic E-state index is 9.50. The van der Waals surface area contributed by atoms with Gasteiger partial charge in [-0.1, -0.05) is 24.3 Å². The van der Waals surface area contributed by atoms with Crippen molar-refractivity contribution in [2.24, 2.45) is 0 Å². The zero-order valence-corrected chi connectivity index (χ0v) is 10.7. The molecule has 0 spiro atoms. The minimum absolute atomic E-state index is 0.0941. The molecule has 0 amide bonds. The smallest absolute Gasteiger partial charge is 0.142 e. The van der Waals surface area contributed by atoms with E-state index >= 15 is 0 Å². The Hall–Kier alpha value is -2.00. The molecule has 0 saturated carbocycles. The minimum Gasteiger partial charge on any atom is -0.508 e. The summed E-state index contributed by atoms with van der Waals surface area (Å²) in [6.45, 7) is 0. The third-order valence-corrected chi connectivity index (χ3v) is 3.42. The molecule has 0 saturated heterocycles. The molecule has 2 unspecified atom stereocenters. The molecule has 1 aliphatic carbocycles. The van der Waals surface area contributed by atoms with Crippen LogP contribution in [-0.2, 0) is 4.74 Å². The number of methoxy groups -OCH3 is 1. The van der Waals surface area contributed by atoms with E-state index in [1.807, 2.05) is 30.4 Å². The normalized spacial score (nSPS) is 24.6. The lowest BCUT2D eigenvalue weighted by atomic mass is 9.98. The molecular formula is C16H16O3. The minimum atomic E-state index is -0.0941. The summed E-state index contributed by atoms with van der Waals surface area (Å²) >= 11 is 0. The van der Waals surface area contributed by atoms with Crippen molar-refractivity contribution in [3.05, 3.63) is 53.6 Å². The molecule has 2 aliphatic rings. The van der Waals surface area contributed by atoms with E-state index in [1.165, 1.54) is 0 Å². The van der Waals surface area contributed by atoms with Crippen molar-refractivity contribution in [2.75, 3.05) is 7.11 Å². The Labute approximate surface area is 112 Å². The number of benzene rings is 1. The van der Waals surface area contributed by atoms with Crippen LogP contribution in [0.3, 0.4) is 0 Å². The van der Waals surface area contributed by atoms with E-state index in [1.54, 1.807) is 19.2 Å². The Morgan fingerprint density at radius 3 is 2.89 bits per heavy atom. The van der Waals surface area contributed by atoms with Gasteiger partial charge in [0, 0.05) is 18.7 Å². The van der Waals surface area contributed by atoms with Gasteiger partial charge in [0.1, 0.15) is 17.6 Å². The molecule has 2 atom stereocenters. The fourth-order valence-electron chi connectivity index (χ4n) is 2.31. The fourth-order valence-corrected chi connectivity index (χ4v) is 2.31. The predicted octanol–water partition coefficient (Wildman–Crippen LogP) is 3.07. The van der Waals surface area contributed by atoms with E-state index < -0.39 is 0 Å². The second-order valence-corrected chi connectivity index (χ2v) is 4.69. The van der Waals surface area contributed by atoms with Crippen molar-refractivity contribution in [3.8, 4) is 11.5 Å². The van der Waals surface area contributed by atoms with Crippen molar-refractivity contribution >= 4 is 6.08 Å². The number of rotatable bonds is 2. The van der Waals surface area contributed by atoms with Crippen LogP contribution in [0.4, 0.5) is 0 Å². The van der Waals surface area contributed by atoms with E-state index in [4.69, 9.17) is 9.47 Å². The first-order chi connectivity index (χ1) is 9.26. The summed E-state index contributed by atoms with van der Waals surface area (Å²) in [6.07, 6.45) is 11.2. The number of aromatic hydroxyl groups is 1. The van der Waals surface area contributed by atoms with E-state index in [0.29, 0.717) is 0 Å². The average Bonchev–Trinajstić information content (AvgIpc) is 2.46. The third kappa shape index (κ3) is 2.42. The largest absolute Gasteiger partial charge is 0.508 e. The van der Waals surface area contributed by atoms with Gasteiger partial charge in [-0.3, -0.25) is 0 Å². The predicted molar refractivity (Wildman–Crippen MR) is 74.2 cm³/mol. The van der Waals surface area contributed by atoms with Crippen molar-refractivity contribution in [1.82, 2.24) is 0 Å². The molecule has 3 nitrogen and oxygen atoms in total. The molecule has 0 aromatic heterocycles. The summed E-state index contributed by atoms with van der Waals surface area (Å²) in [7, 11) is 1.71. The van der Waals surface area contributed by atoms with Gasteiger partial charge in [0.2, 0.25) is 0 Å². The first-order valence-electron chi connectivity index (χ1n) is 6.35. The highest BCUT2D eigenvalue weighted by Crippen LogP contribution is 2.32. The lowest BCUT2D eigenvalue weighted by Gasteiger charge is -2.25. The highest BCUT2D eigenvalue weighted by atomic mass is 16.5. The Bertz CT molecular complexity index is 569. The molecule has 1 N–H and O–H groups in total. The maximum Gasteiger partial charge on any atom is 0.142 e. The molecule has 19 heavy (non-hydrogen) atoms. The van der Waals surface area contributed by atoms with Crippen molar-refractivity contribution in [2.45, 2.75) is 18.6 Å². The van der Waals surface area contributed by atoms with Crippen molar-refractivity contribution < 1.29 is 14.6 Å². The van der Waals surface area contributed by atoms with Gasteiger partial charge in [-0.05, 0) is 30.2 Å². The lowest BCUT2D eigenvalue weighted by Crippen LogP contribution is -2.21. The van der Waals surface area contributed by atoms with Gasteiger partial charge in [-0.15, -0.1) is 0 Å². The van der Waals surface area contributed by atoms with Crippen molar-refractivity contribution in [1.29, 1.82) is 0 Å². The van der Waals surface area contributed by atoms with E-state index in [9.17, 15) is 5.11 Å². The number of ether oxygens (including phenoxy) is 2. The molecule has 98 valence electrons.